The van der Waals surface area contributed by atoms with Crippen molar-refractivity contribution >= 4 is 44.0 Å². The van der Waals surface area contributed by atoms with Gasteiger partial charge in [0.05, 0.1) is 17.6 Å². The first-order valence-corrected chi connectivity index (χ1v) is 6.32. The highest BCUT2D eigenvalue weighted by Gasteiger charge is 2.14. The Morgan fingerprint density at radius 1 is 1.53 bits per heavy atom. The van der Waals surface area contributed by atoms with Gasteiger partial charge >= 0.3 is 0 Å². The fraction of sp³-hybridized carbons (Fsp3) is 0.100. The predicted molar refractivity (Wildman–Crippen MR) is 71.2 cm³/mol. The van der Waals surface area contributed by atoms with Crippen molar-refractivity contribution in [2.45, 2.75) is 6.92 Å². The molecule has 0 spiro atoms. The van der Waals surface area contributed by atoms with Crippen LogP contribution < -0.4 is 11.1 Å². The standard InChI is InChI=1S/C10H9BrN4OS/c1-5-8(17-10(12)14-5)9(16)15-7-2-6(11)3-13-4-7/h2-4H,1H3,(H2,12,14)(H,15,16). The monoisotopic (exact) mass is 312 g/mol. The fourth-order valence-corrected chi connectivity index (χ4v) is 2.39. The summed E-state index contributed by atoms with van der Waals surface area (Å²) in [6.45, 7) is 1.75. The van der Waals surface area contributed by atoms with Crippen LogP contribution in [-0.4, -0.2) is 15.9 Å². The number of anilines is 2. The lowest BCUT2D eigenvalue weighted by atomic mass is 10.3. The lowest BCUT2D eigenvalue weighted by Gasteiger charge is -2.03. The Morgan fingerprint density at radius 2 is 2.29 bits per heavy atom. The molecule has 0 saturated heterocycles. The Balaban J connectivity index is 2.20. The second-order valence-electron chi connectivity index (χ2n) is 3.31. The molecule has 2 aromatic rings. The highest BCUT2D eigenvalue weighted by molar-refractivity contribution is 9.10. The summed E-state index contributed by atoms with van der Waals surface area (Å²) in [4.78, 5) is 20.4. The topological polar surface area (TPSA) is 80.9 Å². The molecule has 0 unspecified atom stereocenters. The third kappa shape index (κ3) is 2.80. The van der Waals surface area contributed by atoms with E-state index in [1.54, 1.807) is 25.4 Å². The third-order valence-electron chi connectivity index (χ3n) is 1.98. The highest BCUT2D eigenvalue weighted by atomic mass is 79.9. The number of carbonyl (C=O) groups excluding carboxylic acids is 1. The molecule has 0 bridgehead atoms. The number of nitrogen functional groups attached to an aromatic ring is 1. The van der Waals surface area contributed by atoms with Gasteiger partial charge < -0.3 is 11.1 Å². The second-order valence-corrected chi connectivity index (χ2v) is 5.26. The summed E-state index contributed by atoms with van der Waals surface area (Å²) >= 11 is 4.45. The molecule has 0 aromatic carbocycles. The molecule has 3 N–H and O–H groups in total. The van der Waals surface area contributed by atoms with E-state index in [-0.39, 0.29) is 5.91 Å². The van der Waals surface area contributed by atoms with Crippen molar-refractivity contribution in [2.24, 2.45) is 0 Å². The number of halogens is 1. The SMILES string of the molecule is Cc1nc(N)sc1C(=O)Nc1cncc(Br)c1. The Hall–Kier alpha value is -1.47. The van der Waals surface area contributed by atoms with E-state index >= 15 is 0 Å². The third-order valence-corrected chi connectivity index (χ3v) is 3.40. The second kappa shape index (κ2) is 4.80. The molecule has 1 amide bonds. The Bertz CT molecular complexity index is 569. The molecule has 0 saturated carbocycles. The lowest BCUT2D eigenvalue weighted by Crippen LogP contribution is -2.11. The van der Waals surface area contributed by atoms with Gasteiger partial charge in [0.25, 0.3) is 5.91 Å². The lowest BCUT2D eigenvalue weighted by molar-refractivity contribution is 0.103. The summed E-state index contributed by atoms with van der Waals surface area (Å²) in [6.07, 6.45) is 3.22. The molecule has 0 aliphatic heterocycles. The van der Waals surface area contributed by atoms with E-state index in [0.717, 1.165) is 4.47 Å². The quantitative estimate of drug-likeness (QED) is 0.892. The average Bonchev–Trinajstić information content (AvgIpc) is 2.58. The van der Waals surface area contributed by atoms with Gasteiger partial charge in [-0.1, -0.05) is 11.3 Å². The number of aromatic nitrogens is 2. The molecular formula is C10H9BrN4OS. The van der Waals surface area contributed by atoms with Gasteiger partial charge in [-0.15, -0.1) is 0 Å². The molecule has 88 valence electrons. The smallest absolute Gasteiger partial charge is 0.267 e. The Labute approximate surface area is 110 Å². The number of nitrogens with two attached hydrogens (primary N) is 1. The van der Waals surface area contributed by atoms with E-state index in [1.165, 1.54) is 11.3 Å². The van der Waals surface area contributed by atoms with E-state index < -0.39 is 0 Å². The molecule has 0 fully saturated rings. The summed E-state index contributed by atoms with van der Waals surface area (Å²) in [5, 5.41) is 3.13. The number of rotatable bonds is 2. The minimum atomic E-state index is -0.225. The van der Waals surface area contributed by atoms with Crippen molar-refractivity contribution in [1.82, 2.24) is 9.97 Å². The number of hydrogen-bond donors (Lipinski definition) is 2. The highest BCUT2D eigenvalue weighted by Crippen LogP contribution is 2.21. The summed E-state index contributed by atoms with van der Waals surface area (Å²) in [7, 11) is 0. The van der Waals surface area contributed by atoms with Gasteiger partial charge in [0.15, 0.2) is 5.13 Å². The van der Waals surface area contributed by atoms with Crippen molar-refractivity contribution in [3.05, 3.63) is 33.5 Å². The van der Waals surface area contributed by atoms with Crippen LogP contribution in [0.15, 0.2) is 22.9 Å². The van der Waals surface area contributed by atoms with Gasteiger partial charge in [-0.05, 0) is 28.9 Å². The summed E-state index contributed by atoms with van der Waals surface area (Å²) in [5.41, 5.74) is 6.80. The first-order chi connectivity index (χ1) is 8.06. The molecule has 0 atom stereocenters. The van der Waals surface area contributed by atoms with Crippen LogP contribution in [-0.2, 0) is 0 Å². The predicted octanol–water partition coefficient (Wildman–Crippen LogP) is 2.44. The number of nitrogens with zero attached hydrogens (tertiary/aromatic N) is 2. The molecule has 0 aliphatic carbocycles. The van der Waals surface area contributed by atoms with Crippen LogP contribution in [0.5, 0.6) is 0 Å². The largest absolute Gasteiger partial charge is 0.375 e. The summed E-state index contributed by atoms with van der Waals surface area (Å²) in [6, 6.07) is 1.77. The molecule has 0 radical (unpaired) electrons. The molecule has 2 aromatic heterocycles. The van der Waals surface area contributed by atoms with Crippen molar-refractivity contribution < 1.29 is 4.79 Å². The number of thiazole rings is 1. The average molecular weight is 313 g/mol. The number of hydrogen-bond acceptors (Lipinski definition) is 5. The summed E-state index contributed by atoms with van der Waals surface area (Å²) in [5.74, 6) is -0.225. The Morgan fingerprint density at radius 3 is 2.88 bits per heavy atom. The van der Waals surface area contributed by atoms with E-state index in [0.29, 0.717) is 21.4 Å². The van der Waals surface area contributed by atoms with Gasteiger partial charge in [-0.2, -0.15) is 0 Å². The minimum absolute atomic E-state index is 0.225. The Kier molecular flexibility index (Phi) is 3.39. The van der Waals surface area contributed by atoms with Gasteiger partial charge in [0.2, 0.25) is 0 Å². The van der Waals surface area contributed by atoms with E-state index in [9.17, 15) is 4.79 Å². The van der Waals surface area contributed by atoms with Gasteiger partial charge in [0.1, 0.15) is 4.88 Å². The zero-order valence-electron chi connectivity index (χ0n) is 8.90. The van der Waals surface area contributed by atoms with Crippen LogP contribution in [0.4, 0.5) is 10.8 Å². The number of nitrogens with one attached hydrogen (secondary N) is 1. The summed E-state index contributed by atoms with van der Waals surface area (Å²) < 4.78 is 0.802. The van der Waals surface area contributed by atoms with E-state index in [2.05, 4.69) is 31.2 Å². The first kappa shape index (κ1) is 12.0. The number of amides is 1. The van der Waals surface area contributed by atoms with Gasteiger partial charge in [-0.25, -0.2) is 4.98 Å². The van der Waals surface area contributed by atoms with Crippen LogP contribution >= 0.6 is 27.3 Å². The first-order valence-electron chi connectivity index (χ1n) is 4.71. The van der Waals surface area contributed by atoms with Gasteiger partial charge in [-0.3, -0.25) is 9.78 Å². The fourth-order valence-electron chi connectivity index (χ4n) is 1.30. The van der Waals surface area contributed by atoms with Crippen molar-refractivity contribution in [3.8, 4) is 0 Å². The number of aryl methyl sites for hydroxylation is 1. The molecule has 7 heteroatoms. The molecular weight excluding hydrogens is 304 g/mol. The van der Waals surface area contributed by atoms with Gasteiger partial charge in [0, 0.05) is 10.7 Å². The van der Waals surface area contributed by atoms with E-state index in [4.69, 9.17) is 5.73 Å². The van der Waals surface area contributed by atoms with Crippen LogP contribution in [0.25, 0.3) is 0 Å². The normalized spacial score (nSPS) is 10.2. The van der Waals surface area contributed by atoms with Crippen LogP contribution in [0.3, 0.4) is 0 Å². The van der Waals surface area contributed by atoms with E-state index in [1.807, 2.05) is 0 Å². The maximum absolute atomic E-state index is 11.9. The van der Waals surface area contributed by atoms with Crippen LogP contribution in [0.2, 0.25) is 0 Å². The molecule has 2 rings (SSSR count). The van der Waals surface area contributed by atoms with Crippen molar-refractivity contribution in [3.63, 3.8) is 0 Å². The molecule has 0 aliphatic rings. The number of carbonyl (C=O) groups is 1. The molecule has 17 heavy (non-hydrogen) atoms. The maximum Gasteiger partial charge on any atom is 0.267 e. The molecule has 5 nitrogen and oxygen atoms in total. The zero-order chi connectivity index (χ0) is 12.4. The zero-order valence-corrected chi connectivity index (χ0v) is 11.3. The molecule has 2 heterocycles. The van der Waals surface area contributed by atoms with Crippen molar-refractivity contribution in [2.75, 3.05) is 11.1 Å². The minimum Gasteiger partial charge on any atom is -0.375 e. The van der Waals surface area contributed by atoms with Crippen molar-refractivity contribution in [1.29, 1.82) is 0 Å². The maximum atomic E-state index is 11.9. The van der Waals surface area contributed by atoms with Crippen LogP contribution in [0.1, 0.15) is 15.4 Å². The number of pyridine rings is 1. The van der Waals surface area contributed by atoms with Crippen LogP contribution in [0, 0.1) is 6.92 Å².